The minimum Gasteiger partial charge on any atom is -0.497 e. The molecule has 1 aliphatic rings. The molecule has 0 saturated carbocycles. The van der Waals surface area contributed by atoms with Gasteiger partial charge in [-0.15, -0.1) is 0 Å². The van der Waals surface area contributed by atoms with Gasteiger partial charge in [-0.3, -0.25) is 4.90 Å². The number of rotatable bonds is 4. The summed E-state index contributed by atoms with van der Waals surface area (Å²) in [5, 5.41) is 0. The average molecular weight is 331 g/mol. The van der Waals surface area contributed by atoms with Gasteiger partial charge < -0.3 is 10.5 Å². The van der Waals surface area contributed by atoms with Gasteiger partial charge in [0, 0.05) is 41.7 Å². The van der Waals surface area contributed by atoms with Crippen LogP contribution in [-0.2, 0) is 0 Å². The van der Waals surface area contributed by atoms with Gasteiger partial charge in [0.2, 0.25) is 0 Å². The van der Waals surface area contributed by atoms with Gasteiger partial charge in [-0.25, -0.2) is 0 Å². The fourth-order valence-electron chi connectivity index (χ4n) is 2.27. The Morgan fingerprint density at radius 2 is 2.17 bits per heavy atom. The van der Waals surface area contributed by atoms with Crippen molar-refractivity contribution in [2.24, 2.45) is 5.73 Å². The first-order chi connectivity index (χ1) is 8.76. The topological polar surface area (TPSA) is 38.5 Å². The SMILES string of the molecule is COc1ccc(Br)c(C(CN)N2CCSCC2)c1. The van der Waals surface area contributed by atoms with Gasteiger partial charge in [-0.1, -0.05) is 15.9 Å². The smallest absolute Gasteiger partial charge is 0.119 e. The molecule has 1 atom stereocenters. The van der Waals surface area contributed by atoms with Crippen molar-refractivity contribution in [1.82, 2.24) is 4.90 Å². The maximum absolute atomic E-state index is 5.99. The summed E-state index contributed by atoms with van der Waals surface area (Å²) < 4.78 is 6.42. The standard InChI is InChI=1S/C13H19BrN2OS/c1-17-10-2-3-12(14)11(8-10)13(9-15)16-4-6-18-7-5-16/h2-3,8,13H,4-7,9,15H2,1H3. The van der Waals surface area contributed by atoms with E-state index in [-0.39, 0.29) is 6.04 Å². The number of nitrogens with zero attached hydrogens (tertiary/aromatic N) is 1. The molecule has 18 heavy (non-hydrogen) atoms. The van der Waals surface area contributed by atoms with Crippen LogP contribution in [0, 0.1) is 0 Å². The Bertz CT molecular complexity index is 397. The molecule has 2 N–H and O–H groups in total. The van der Waals surface area contributed by atoms with Crippen LogP contribution in [0.4, 0.5) is 0 Å². The minimum absolute atomic E-state index is 0.273. The lowest BCUT2D eigenvalue weighted by atomic mass is 10.0. The van der Waals surface area contributed by atoms with Crippen molar-refractivity contribution < 1.29 is 4.74 Å². The summed E-state index contributed by atoms with van der Waals surface area (Å²) in [7, 11) is 1.70. The second-order valence-corrected chi connectivity index (χ2v) is 6.37. The van der Waals surface area contributed by atoms with Crippen molar-refractivity contribution in [3.8, 4) is 5.75 Å². The van der Waals surface area contributed by atoms with Crippen molar-refractivity contribution in [2.45, 2.75) is 6.04 Å². The third-order valence-electron chi connectivity index (χ3n) is 3.27. The zero-order valence-electron chi connectivity index (χ0n) is 10.6. The predicted molar refractivity (Wildman–Crippen MR) is 81.4 cm³/mol. The maximum atomic E-state index is 5.99. The average Bonchev–Trinajstić information content (AvgIpc) is 2.43. The molecule has 3 nitrogen and oxygen atoms in total. The number of halogens is 1. The van der Waals surface area contributed by atoms with Gasteiger partial charge >= 0.3 is 0 Å². The maximum Gasteiger partial charge on any atom is 0.119 e. The van der Waals surface area contributed by atoms with E-state index in [9.17, 15) is 0 Å². The highest BCUT2D eigenvalue weighted by Crippen LogP contribution is 2.31. The van der Waals surface area contributed by atoms with E-state index in [1.54, 1.807) is 7.11 Å². The molecule has 100 valence electrons. The van der Waals surface area contributed by atoms with Crippen molar-refractivity contribution in [3.63, 3.8) is 0 Å². The lowest BCUT2D eigenvalue weighted by Crippen LogP contribution is -2.39. The first-order valence-electron chi connectivity index (χ1n) is 6.11. The van der Waals surface area contributed by atoms with Gasteiger partial charge in [-0.2, -0.15) is 11.8 Å². The number of methoxy groups -OCH3 is 1. The zero-order valence-corrected chi connectivity index (χ0v) is 13.0. The lowest BCUT2D eigenvalue weighted by Gasteiger charge is -2.34. The molecule has 2 rings (SSSR count). The van der Waals surface area contributed by atoms with Crippen LogP contribution >= 0.6 is 27.7 Å². The highest BCUT2D eigenvalue weighted by atomic mass is 79.9. The summed E-state index contributed by atoms with van der Waals surface area (Å²) in [6.45, 7) is 2.85. The summed E-state index contributed by atoms with van der Waals surface area (Å²) in [6, 6.07) is 6.36. The van der Waals surface area contributed by atoms with Crippen molar-refractivity contribution in [2.75, 3.05) is 38.2 Å². The van der Waals surface area contributed by atoms with Crippen LogP contribution in [0.15, 0.2) is 22.7 Å². The van der Waals surface area contributed by atoms with Gasteiger partial charge in [0.15, 0.2) is 0 Å². The third kappa shape index (κ3) is 3.20. The molecule has 0 radical (unpaired) electrons. The molecule has 0 spiro atoms. The van der Waals surface area contributed by atoms with E-state index < -0.39 is 0 Å². The van der Waals surface area contributed by atoms with E-state index in [1.807, 2.05) is 23.9 Å². The lowest BCUT2D eigenvalue weighted by molar-refractivity contribution is 0.222. The van der Waals surface area contributed by atoms with Gasteiger partial charge in [0.25, 0.3) is 0 Å². The number of nitrogens with two attached hydrogens (primary N) is 1. The summed E-state index contributed by atoms with van der Waals surface area (Å²) in [4.78, 5) is 2.47. The number of hydrogen-bond acceptors (Lipinski definition) is 4. The van der Waals surface area contributed by atoms with Crippen LogP contribution in [0.25, 0.3) is 0 Å². The molecule has 1 aliphatic heterocycles. The molecule has 1 heterocycles. The summed E-state index contributed by atoms with van der Waals surface area (Å²) in [6.07, 6.45) is 0. The Morgan fingerprint density at radius 3 is 2.78 bits per heavy atom. The van der Waals surface area contributed by atoms with Crippen LogP contribution < -0.4 is 10.5 Å². The Labute approximate surface area is 121 Å². The van der Waals surface area contributed by atoms with Gasteiger partial charge in [0.05, 0.1) is 7.11 Å². The Hall–Kier alpha value is -0.230. The Morgan fingerprint density at radius 1 is 1.44 bits per heavy atom. The fraction of sp³-hybridized carbons (Fsp3) is 0.538. The summed E-state index contributed by atoms with van der Waals surface area (Å²) >= 11 is 5.64. The van der Waals surface area contributed by atoms with E-state index >= 15 is 0 Å². The summed E-state index contributed by atoms with van der Waals surface area (Å²) in [5.74, 6) is 3.27. The molecule has 0 bridgehead atoms. The van der Waals surface area contributed by atoms with Crippen LogP contribution in [0.1, 0.15) is 11.6 Å². The van der Waals surface area contributed by atoms with E-state index in [0.29, 0.717) is 6.54 Å². The van der Waals surface area contributed by atoms with Crippen molar-refractivity contribution >= 4 is 27.7 Å². The second kappa shape index (κ2) is 6.80. The van der Waals surface area contributed by atoms with Crippen molar-refractivity contribution in [3.05, 3.63) is 28.2 Å². The molecule has 1 fully saturated rings. The first kappa shape index (κ1) is 14.2. The quantitative estimate of drug-likeness (QED) is 0.920. The van der Waals surface area contributed by atoms with Crippen LogP contribution in [0.5, 0.6) is 5.75 Å². The molecule has 1 unspecified atom stereocenters. The van der Waals surface area contributed by atoms with Crippen molar-refractivity contribution in [1.29, 1.82) is 0 Å². The molecule has 1 aromatic rings. The van der Waals surface area contributed by atoms with Crippen LogP contribution in [-0.4, -0.2) is 43.1 Å². The molecule has 0 aliphatic carbocycles. The van der Waals surface area contributed by atoms with Crippen LogP contribution in [0.3, 0.4) is 0 Å². The Balaban J connectivity index is 2.25. The number of ether oxygens (including phenoxy) is 1. The zero-order chi connectivity index (χ0) is 13.0. The molecular weight excluding hydrogens is 312 g/mol. The first-order valence-corrected chi connectivity index (χ1v) is 8.06. The molecule has 0 amide bonds. The molecule has 1 saturated heterocycles. The third-order valence-corrected chi connectivity index (χ3v) is 4.94. The van der Waals surface area contributed by atoms with E-state index in [2.05, 4.69) is 26.9 Å². The number of thioether (sulfide) groups is 1. The molecule has 0 aromatic heterocycles. The minimum atomic E-state index is 0.273. The van der Waals surface area contributed by atoms with E-state index in [0.717, 1.165) is 23.3 Å². The number of hydrogen-bond donors (Lipinski definition) is 1. The monoisotopic (exact) mass is 330 g/mol. The normalized spacial score (nSPS) is 18.6. The number of benzene rings is 1. The van der Waals surface area contributed by atoms with Gasteiger partial charge in [-0.05, 0) is 23.8 Å². The largest absolute Gasteiger partial charge is 0.497 e. The molecular formula is C13H19BrN2OS. The van der Waals surface area contributed by atoms with Crippen LogP contribution in [0.2, 0.25) is 0 Å². The predicted octanol–water partition coefficient (Wildman–Crippen LogP) is 2.51. The highest BCUT2D eigenvalue weighted by molar-refractivity contribution is 9.10. The molecule has 1 aromatic carbocycles. The Kier molecular flexibility index (Phi) is 5.36. The molecule has 5 heteroatoms. The highest BCUT2D eigenvalue weighted by Gasteiger charge is 2.23. The van der Waals surface area contributed by atoms with E-state index in [4.69, 9.17) is 10.5 Å². The second-order valence-electron chi connectivity index (χ2n) is 4.29. The fourth-order valence-corrected chi connectivity index (χ4v) is 3.71. The summed E-state index contributed by atoms with van der Waals surface area (Å²) in [5.41, 5.74) is 7.21. The van der Waals surface area contributed by atoms with Gasteiger partial charge in [0.1, 0.15) is 5.75 Å². The van der Waals surface area contributed by atoms with E-state index in [1.165, 1.54) is 17.1 Å².